The Morgan fingerprint density at radius 2 is 1.38 bits per heavy atom. The summed E-state index contributed by atoms with van der Waals surface area (Å²) in [4.78, 5) is 12.2. The summed E-state index contributed by atoms with van der Waals surface area (Å²) in [6.45, 7) is 5.62. The molecule has 0 atom stereocenters. The lowest BCUT2D eigenvalue weighted by molar-refractivity contribution is 0.00697. The standard InChI is InChI=1S/C19H18O2/c1-19(2,3)21-18(20)15-10-9-14-8-7-13-5-4-6-16(13)17(14)12-11-15/h4-12H,1-3H3. The van der Waals surface area contributed by atoms with Crippen molar-refractivity contribution in [2.45, 2.75) is 26.4 Å². The van der Waals surface area contributed by atoms with Crippen LogP contribution >= 0.6 is 0 Å². The zero-order chi connectivity index (χ0) is 15.0. The molecule has 0 bridgehead atoms. The first kappa shape index (κ1) is 13.6. The van der Waals surface area contributed by atoms with E-state index >= 15 is 0 Å². The Morgan fingerprint density at radius 1 is 0.810 bits per heavy atom. The third kappa shape index (κ3) is 2.75. The quantitative estimate of drug-likeness (QED) is 0.589. The second-order valence-electron chi connectivity index (χ2n) is 6.22. The average molecular weight is 278 g/mol. The van der Waals surface area contributed by atoms with Crippen molar-refractivity contribution in [3.63, 3.8) is 0 Å². The number of hydrogen-bond donors (Lipinski definition) is 0. The fourth-order valence-corrected chi connectivity index (χ4v) is 2.46. The maximum atomic E-state index is 12.2. The van der Waals surface area contributed by atoms with Crippen LogP contribution in [-0.2, 0) is 4.74 Å². The summed E-state index contributed by atoms with van der Waals surface area (Å²) < 4.78 is 5.43. The SMILES string of the molecule is CC(C)(C)OC(=O)c1ccc2ccc3cccc3c2cc1. The molecular formula is C19H18O2. The lowest BCUT2D eigenvalue weighted by Gasteiger charge is -2.19. The molecule has 3 aromatic carbocycles. The summed E-state index contributed by atoms with van der Waals surface area (Å²) in [7, 11) is 0. The molecule has 0 aliphatic rings. The summed E-state index contributed by atoms with van der Waals surface area (Å²) in [6, 6.07) is 18.1. The van der Waals surface area contributed by atoms with E-state index in [9.17, 15) is 4.79 Å². The van der Waals surface area contributed by atoms with E-state index in [0.717, 1.165) is 10.8 Å². The van der Waals surface area contributed by atoms with E-state index in [1.165, 1.54) is 10.8 Å². The van der Waals surface area contributed by atoms with Gasteiger partial charge in [0.05, 0.1) is 5.56 Å². The van der Waals surface area contributed by atoms with E-state index in [4.69, 9.17) is 4.74 Å². The van der Waals surface area contributed by atoms with Crippen LogP contribution in [0, 0.1) is 0 Å². The van der Waals surface area contributed by atoms with Gasteiger partial charge >= 0.3 is 5.97 Å². The van der Waals surface area contributed by atoms with Gasteiger partial charge in [-0.2, -0.15) is 0 Å². The molecule has 21 heavy (non-hydrogen) atoms. The molecule has 0 heterocycles. The summed E-state index contributed by atoms with van der Waals surface area (Å²) in [5, 5.41) is 4.68. The maximum absolute atomic E-state index is 12.2. The normalized spacial score (nSPS) is 11.8. The molecule has 0 aliphatic carbocycles. The first-order chi connectivity index (χ1) is 9.94. The summed E-state index contributed by atoms with van der Waals surface area (Å²) in [5.74, 6) is -0.290. The molecule has 0 amide bonds. The topological polar surface area (TPSA) is 26.3 Å². The predicted molar refractivity (Wildman–Crippen MR) is 86.6 cm³/mol. The van der Waals surface area contributed by atoms with Crippen LogP contribution in [0.3, 0.4) is 0 Å². The van der Waals surface area contributed by atoms with E-state index in [2.05, 4.69) is 24.3 Å². The van der Waals surface area contributed by atoms with Crippen LogP contribution in [0.25, 0.3) is 21.5 Å². The highest BCUT2D eigenvalue weighted by Gasteiger charge is 2.17. The highest BCUT2D eigenvalue weighted by Crippen LogP contribution is 2.26. The van der Waals surface area contributed by atoms with Crippen molar-refractivity contribution in [3.05, 3.63) is 60.2 Å². The third-order valence-corrected chi connectivity index (χ3v) is 3.40. The van der Waals surface area contributed by atoms with Crippen LogP contribution in [0.2, 0.25) is 0 Å². The van der Waals surface area contributed by atoms with Gasteiger partial charge in [0.2, 0.25) is 0 Å². The Balaban J connectivity index is 2.11. The number of hydrogen-bond acceptors (Lipinski definition) is 2. The molecule has 2 nitrogen and oxygen atoms in total. The van der Waals surface area contributed by atoms with Gasteiger partial charge in [0.25, 0.3) is 0 Å². The van der Waals surface area contributed by atoms with Gasteiger partial charge in [0, 0.05) is 0 Å². The van der Waals surface area contributed by atoms with Crippen LogP contribution in [0.1, 0.15) is 31.1 Å². The molecule has 0 radical (unpaired) electrons. The Bertz CT molecular complexity index is 826. The molecule has 106 valence electrons. The van der Waals surface area contributed by atoms with Crippen LogP contribution in [0.4, 0.5) is 0 Å². The number of carbonyl (C=O) groups is 1. The van der Waals surface area contributed by atoms with Crippen molar-refractivity contribution in [1.82, 2.24) is 0 Å². The Kier molecular flexibility index (Phi) is 3.17. The maximum Gasteiger partial charge on any atom is 0.338 e. The Labute approximate surface area is 124 Å². The van der Waals surface area contributed by atoms with Crippen LogP contribution < -0.4 is 0 Å². The average Bonchev–Trinajstić information content (AvgIpc) is 2.75. The molecule has 0 fully saturated rings. The van der Waals surface area contributed by atoms with Gasteiger partial charge in [-0.3, -0.25) is 0 Å². The second-order valence-corrected chi connectivity index (χ2v) is 6.22. The van der Waals surface area contributed by atoms with E-state index in [0.29, 0.717) is 5.56 Å². The van der Waals surface area contributed by atoms with E-state index in [1.807, 2.05) is 51.1 Å². The van der Waals surface area contributed by atoms with E-state index in [1.54, 1.807) is 0 Å². The van der Waals surface area contributed by atoms with Gasteiger partial charge in [-0.05, 0) is 54.4 Å². The van der Waals surface area contributed by atoms with Gasteiger partial charge in [0.15, 0.2) is 0 Å². The van der Waals surface area contributed by atoms with Crippen LogP contribution in [0.15, 0.2) is 54.6 Å². The smallest absolute Gasteiger partial charge is 0.338 e. The van der Waals surface area contributed by atoms with Crippen LogP contribution in [0.5, 0.6) is 0 Å². The highest BCUT2D eigenvalue weighted by molar-refractivity contribution is 6.08. The summed E-state index contributed by atoms with van der Waals surface area (Å²) in [6.07, 6.45) is 0. The van der Waals surface area contributed by atoms with Gasteiger partial charge in [-0.15, -0.1) is 0 Å². The number of rotatable bonds is 1. The summed E-state index contributed by atoms with van der Waals surface area (Å²) >= 11 is 0. The molecule has 0 aromatic heterocycles. The molecule has 0 N–H and O–H groups in total. The molecule has 0 saturated carbocycles. The summed E-state index contributed by atoms with van der Waals surface area (Å²) in [5.41, 5.74) is 0.0879. The molecule has 2 heteroatoms. The molecule has 0 aliphatic heterocycles. The molecule has 0 spiro atoms. The van der Waals surface area contributed by atoms with Crippen molar-refractivity contribution in [3.8, 4) is 0 Å². The van der Waals surface area contributed by atoms with Gasteiger partial charge in [-0.25, -0.2) is 4.79 Å². The minimum Gasteiger partial charge on any atom is -0.456 e. The lowest BCUT2D eigenvalue weighted by Crippen LogP contribution is -2.23. The molecule has 0 unspecified atom stereocenters. The minimum absolute atomic E-state index is 0.290. The third-order valence-electron chi connectivity index (χ3n) is 3.40. The van der Waals surface area contributed by atoms with Crippen molar-refractivity contribution < 1.29 is 9.53 Å². The monoisotopic (exact) mass is 278 g/mol. The van der Waals surface area contributed by atoms with Crippen molar-refractivity contribution in [2.24, 2.45) is 0 Å². The molecule has 3 rings (SSSR count). The number of esters is 1. The first-order valence-electron chi connectivity index (χ1n) is 7.09. The zero-order valence-corrected chi connectivity index (χ0v) is 12.5. The van der Waals surface area contributed by atoms with E-state index < -0.39 is 5.60 Å². The molecular weight excluding hydrogens is 260 g/mol. The number of ether oxygens (including phenoxy) is 1. The minimum atomic E-state index is -0.482. The lowest BCUT2D eigenvalue weighted by atomic mass is 10.1. The van der Waals surface area contributed by atoms with Crippen molar-refractivity contribution in [1.29, 1.82) is 0 Å². The first-order valence-corrected chi connectivity index (χ1v) is 7.09. The fourth-order valence-electron chi connectivity index (χ4n) is 2.46. The Morgan fingerprint density at radius 3 is 2.10 bits per heavy atom. The van der Waals surface area contributed by atoms with Crippen molar-refractivity contribution >= 4 is 27.5 Å². The van der Waals surface area contributed by atoms with Gasteiger partial charge in [0.1, 0.15) is 5.60 Å². The highest BCUT2D eigenvalue weighted by atomic mass is 16.6. The number of fused-ring (bicyclic) bond motifs is 3. The number of benzene rings is 1. The van der Waals surface area contributed by atoms with Crippen molar-refractivity contribution in [2.75, 3.05) is 0 Å². The number of carbonyl (C=O) groups excluding carboxylic acids is 1. The fraction of sp³-hybridized carbons (Fsp3) is 0.211. The Hall–Kier alpha value is -2.35. The second kappa shape index (κ2) is 4.88. The van der Waals surface area contributed by atoms with Crippen LogP contribution in [-0.4, -0.2) is 11.6 Å². The molecule has 0 saturated heterocycles. The van der Waals surface area contributed by atoms with Gasteiger partial charge in [-0.1, -0.05) is 42.5 Å². The van der Waals surface area contributed by atoms with E-state index in [-0.39, 0.29) is 5.97 Å². The zero-order valence-electron chi connectivity index (χ0n) is 12.5. The molecule has 3 aromatic rings. The predicted octanol–water partition coefficient (Wildman–Crippen LogP) is 4.95. The largest absolute Gasteiger partial charge is 0.456 e. The van der Waals surface area contributed by atoms with Gasteiger partial charge < -0.3 is 4.74 Å².